The summed E-state index contributed by atoms with van der Waals surface area (Å²) in [5.41, 5.74) is 2.62. The molecule has 0 aliphatic heterocycles. The topological polar surface area (TPSA) is 37.8 Å². The molecule has 1 aliphatic carbocycles. The number of anilines is 1. The summed E-state index contributed by atoms with van der Waals surface area (Å²) in [5, 5.41) is 4.10. The van der Waals surface area contributed by atoms with Crippen LogP contribution >= 0.6 is 11.8 Å². The van der Waals surface area contributed by atoms with Crippen molar-refractivity contribution in [3.05, 3.63) is 17.6 Å². The van der Waals surface area contributed by atoms with Gasteiger partial charge in [0.1, 0.15) is 12.1 Å². The predicted molar refractivity (Wildman–Crippen MR) is 74.8 cm³/mol. The second-order valence-electron chi connectivity index (χ2n) is 4.64. The average Bonchev–Trinajstić information content (AvgIpc) is 2.61. The summed E-state index contributed by atoms with van der Waals surface area (Å²) in [4.78, 5) is 8.84. The van der Waals surface area contributed by atoms with Crippen molar-refractivity contribution in [3.63, 3.8) is 0 Å². The normalized spacial score (nSPS) is 17.1. The Hall–Kier alpha value is -0.770. The van der Waals surface area contributed by atoms with Crippen LogP contribution < -0.4 is 5.32 Å². The monoisotopic (exact) mass is 251 g/mol. The first-order valence-electron chi connectivity index (χ1n) is 6.40. The molecular formula is C13H21N3S. The van der Waals surface area contributed by atoms with Crippen molar-refractivity contribution >= 4 is 17.6 Å². The Morgan fingerprint density at radius 3 is 2.94 bits per heavy atom. The Morgan fingerprint density at radius 1 is 1.29 bits per heavy atom. The van der Waals surface area contributed by atoms with E-state index in [4.69, 9.17) is 0 Å². The molecule has 1 N–H and O–H groups in total. The lowest BCUT2D eigenvalue weighted by atomic mass is 10.1. The molecule has 0 fully saturated rings. The number of rotatable bonds is 4. The summed E-state index contributed by atoms with van der Waals surface area (Å²) in [6.45, 7) is 3.21. The molecule has 1 aromatic rings. The lowest BCUT2D eigenvalue weighted by Gasteiger charge is -2.14. The highest BCUT2D eigenvalue weighted by atomic mass is 32.2. The Bertz CT molecular complexity index is 368. The van der Waals surface area contributed by atoms with Gasteiger partial charge in [-0.15, -0.1) is 0 Å². The van der Waals surface area contributed by atoms with E-state index in [2.05, 4.69) is 28.5 Å². The van der Waals surface area contributed by atoms with Gasteiger partial charge in [0.05, 0.1) is 0 Å². The maximum atomic E-state index is 4.43. The van der Waals surface area contributed by atoms with Crippen molar-refractivity contribution in [2.75, 3.05) is 18.1 Å². The first-order valence-corrected chi connectivity index (χ1v) is 7.69. The summed E-state index contributed by atoms with van der Waals surface area (Å²) in [6.07, 6.45) is 9.95. The fraction of sp³-hybridized carbons (Fsp3) is 0.692. The minimum absolute atomic E-state index is 0.617. The van der Waals surface area contributed by atoms with E-state index in [1.165, 1.54) is 30.5 Å². The Morgan fingerprint density at radius 2 is 2.12 bits per heavy atom. The molecule has 4 heteroatoms. The minimum Gasteiger partial charge on any atom is -0.369 e. The van der Waals surface area contributed by atoms with Gasteiger partial charge in [0, 0.05) is 23.1 Å². The molecule has 3 nitrogen and oxygen atoms in total. The number of aryl methyl sites for hydroxylation is 1. The Labute approximate surface area is 108 Å². The van der Waals surface area contributed by atoms with E-state index in [0.29, 0.717) is 5.25 Å². The van der Waals surface area contributed by atoms with Crippen LogP contribution in [0.15, 0.2) is 6.33 Å². The molecular weight excluding hydrogens is 230 g/mol. The summed E-state index contributed by atoms with van der Waals surface area (Å²) in [5.74, 6) is 1.07. The molecule has 1 aromatic heterocycles. The Kier molecular flexibility index (Phi) is 4.66. The van der Waals surface area contributed by atoms with E-state index in [1.54, 1.807) is 6.33 Å². The highest BCUT2D eigenvalue weighted by Crippen LogP contribution is 2.24. The lowest BCUT2D eigenvalue weighted by molar-refractivity contribution is 0.708. The van der Waals surface area contributed by atoms with Crippen molar-refractivity contribution in [2.24, 2.45) is 0 Å². The Balaban J connectivity index is 2.11. The molecule has 2 rings (SSSR count). The summed E-state index contributed by atoms with van der Waals surface area (Å²) in [6, 6.07) is 0. The van der Waals surface area contributed by atoms with Crippen molar-refractivity contribution in [2.45, 2.75) is 44.3 Å². The maximum absolute atomic E-state index is 4.43. The minimum atomic E-state index is 0.617. The highest BCUT2D eigenvalue weighted by Gasteiger charge is 2.14. The van der Waals surface area contributed by atoms with E-state index in [9.17, 15) is 0 Å². The number of nitrogens with one attached hydrogen (secondary N) is 1. The van der Waals surface area contributed by atoms with Gasteiger partial charge < -0.3 is 5.32 Å². The van der Waals surface area contributed by atoms with Gasteiger partial charge >= 0.3 is 0 Å². The van der Waals surface area contributed by atoms with Gasteiger partial charge in [-0.1, -0.05) is 13.3 Å². The zero-order valence-electron chi connectivity index (χ0n) is 10.7. The molecule has 94 valence electrons. The van der Waals surface area contributed by atoms with E-state index in [0.717, 1.165) is 25.2 Å². The largest absolute Gasteiger partial charge is 0.369 e. The lowest BCUT2D eigenvalue weighted by Crippen LogP contribution is -2.15. The number of hydrogen-bond acceptors (Lipinski definition) is 4. The maximum Gasteiger partial charge on any atom is 0.132 e. The molecule has 0 spiro atoms. The molecule has 0 amide bonds. The van der Waals surface area contributed by atoms with Gasteiger partial charge in [-0.3, -0.25) is 0 Å². The predicted octanol–water partition coefficient (Wildman–Crippen LogP) is 2.91. The molecule has 1 atom stereocenters. The average molecular weight is 251 g/mol. The van der Waals surface area contributed by atoms with E-state index in [1.807, 2.05) is 11.8 Å². The van der Waals surface area contributed by atoms with Gasteiger partial charge in [0.2, 0.25) is 0 Å². The number of thioether (sulfide) groups is 1. The zero-order valence-corrected chi connectivity index (χ0v) is 11.5. The number of fused-ring (bicyclic) bond motifs is 1. The van der Waals surface area contributed by atoms with Gasteiger partial charge in [-0.05, 0) is 31.9 Å². The van der Waals surface area contributed by atoms with Crippen molar-refractivity contribution < 1.29 is 0 Å². The van der Waals surface area contributed by atoms with Crippen LogP contribution in [0.5, 0.6) is 0 Å². The number of hydrogen-bond donors (Lipinski definition) is 1. The first-order chi connectivity index (χ1) is 8.31. The van der Waals surface area contributed by atoms with Crippen molar-refractivity contribution in [1.82, 2.24) is 9.97 Å². The van der Waals surface area contributed by atoms with Crippen molar-refractivity contribution in [1.29, 1.82) is 0 Å². The van der Waals surface area contributed by atoms with Gasteiger partial charge in [-0.2, -0.15) is 11.8 Å². The van der Waals surface area contributed by atoms with E-state index >= 15 is 0 Å². The number of aromatic nitrogens is 2. The van der Waals surface area contributed by atoms with Crippen LogP contribution in [0.2, 0.25) is 0 Å². The number of nitrogens with zero attached hydrogens (tertiary/aromatic N) is 2. The smallest absolute Gasteiger partial charge is 0.132 e. The standard InChI is InChI=1S/C13H21N3S/c1-10(17-2)8-14-13-11-6-4-3-5-7-12(11)15-9-16-13/h9-10H,3-8H2,1-2H3,(H,14,15,16). The molecule has 1 heterocycles. The second kappa shape index (κ2) is 6.24. The highest BCUT2D eigenvalue weighted by molar-refractivity contribution is 7.99. The van der Waals surface area contributed by atoms with E-state index in [-0.39, 0.29) is 0 Å². The molecule has 0 aromatic carbocycles. The molecule has 1 aliphatic rings. The summed E-state index contributed by atoms with van der Waals surface area (Å²) in [7, 11) is 0. The molecule has 17 heavy (non-hydrogen) atoms. The quantitative estimate of drug-likeness (QED) is 0.835. The van der Waals surface area contributed by atoms with Crippen LogP contribution in [-0.2, 0) is 12.8 Å². The summed E-state index contributed by atoms with van der Waals surface area (Å²) >= 11 is 1.88. The second-order valence-corrected chi connectivity index (χ2v) is 5.91. The van der Waals surface area contributed by atoms with Crippen molar-refractivity contribution in [3.8, 4) is 0 Å². The van der Waals surface area contributed by atoms with Crippen LogP contribution in [0.25, 0.3) is 0 Å². The van der Waals surface area contributed by atoms with Crippen LogP contribution in [0.3, 0.4) is 0 Å². The van der Waals surface area contributed by atoms with Crippen LogP contribution in [-0.4, -0.2) is 28.0 Å². The zero-order chi connectivity index (χ0) is 12.1. The molecule has 0 bridgehead atoms. The van der Waals surface area contributed by atoms with E-state index < -0.39 is 0 Å². The first kappa shape index (κ1) is 12.7. The fourth-order valence-corrected chi connectivity index (χ4v) is 2.42. The molecule has 0 radical (unpaired) electrons. The van der Waals surface area contributed by atoms with Crippen LogP contribution in [0.4, 0.5) is 5.82 Å². The third kappa shape index (κ3) is 3.35. The molecule has 1 unspecified atom stereocenters. The van der Waals surface area contributed by atoms with Gasteiger partial charge in [-0.25, -0.2) is 9.97 Å². The fourth-order valence-electron chi connectivity index (χ4n) is 2.17. The van der Waals surface area contributed by atoms with Crippen LogP contribution in [0, 0.1) is 0 Å². The van der Waals surface area contributed by atoms with Gasteiger partial charge in [0.25, 0.3) is 0 Å². The summed E-state index contributed by atoms with van der Waals surface area (Å²) < 4.78 is 0. The molecule has 0 saturated carbocycles. The molecule has 0 saturated heterocycles. The van der Waals surface area contributed by atoms with Gasteiger partial charge in [0.15, 0.2) is 0 Å². The van der Waals surface area contributed by atoms with Crippen LogP contribution in [0.1, 0.15) is 37.4 Å². The SMILES string of the molecule is CSC(C)CNc1ncnc2c1CCCCC2. The third-order valence-electron chi connectivity index (χ3n) is 3.33. The third-order valence-corrected chi connectivity index (χ3v) is 4.31.